The van der Waals surface area contributed by atoms with Crippen molar-refractivity contribution in [3.63, 3.8) is 0 Å². The molecule has 140 valence electrons. The summed E-state index contributed by atoms with van der Waals surface area (Å²) in [5.41, 5.74) is 5.64. The highest BCUT2D eigenvalue weighted by atomic mass is 16.1. The summed E-state index contributed by atoms with van der Waals surface area (Å²) in [5.74, 6) is -0.640. The van der Waals surface area contributed by atoms with Gasteiger partial charge in [0.05, 0.1) is 0 Å². The van der Waals surface area contributed by atoms with Gasteiger partial charge in [0.1, 0.15) is 0 Å². The van der Waals surface area contributed by atoms with Crippen LogP contribution < -0.4 is 11.1 Å². The molecule has 0 aliphatic carbocycles. The number of unbranched alkanes of at least 4 members (excludes halogenated alkanes) is 13. The standard InChI is InChI=1S/C20H39N3O/c1-3-4-5-6-7-8-9-10-11-12-13-14-15-16-17-18(2)19(24)23-20(21)22/h2-17H2,1H3,(H4,21,22,23,24). The minimum absolute atomic E-state index is 0.317. The van der Waals surface area contributed by atoms with E-state index in [0.29, 0.717) is 12.0 Å². The first kappa shape index (κ1) is 22.7. The Kier molecular flexibility index (Phi) is 15.6. The number of nitrogens with two attached hydrogens (primary N) is 1. The fourth-order valence-corrected chi connectivity index (χ4v) is 2.86. The minimum atomic E-state index is -0.322. The first-order valence-electron chi connectivity index (χ1n) is 9.91. The van der Waals surface area contributed by atoms with E-state index in [1.165, 1.54) is 77.0 Å². The van der Waals surface area contributed by atoms with Crippen LogP contribution >= 0.6 is 0 Å². The van der Waals surface area contributed by atoms with Gasteiger partial charge in [-0.15, -0.1) is 0 Å². The summed E-state index contributed by atoms with van der Waals surface area (Å²) in [6.45, 7) is 6.01. The lowest BCUT2D eigenvalue weighted by Crippen LogP contribution is -2.36. The SMILES string of the molecule is C=C(CCCCCCCCCCCCCCCC)C(=O)NC(=N)N. The maximum atomic E-state index is 11.5. The lowest BCUT2D eigenvalue weighted by Gasteiger charge is -2.06. The third-order valence-electron chi connectivity index (χ3n) is 4.40. The quantitative estimate of drug-likeness (QED) is 0.152. The van der Waals surface area contributed by atoms with E-state index >= 15 is 0 Å². The van der Waals surface area contributed by atoms with Gasteiger partial charge in [0.2, 0.25) is 0 Å². The summed E-state index contributed by atoms with van der Waals surface area (Å²) in [7, 11) is 0. The largest absolute Gasteiger partial charge is 0.370 e. The number of rotatable bonds is 16. The minimum Gasteiger partial charge on any atom is -0.370 e. The lowest BCUT2D eigenvalue weighted by molar-refractivity contribution is -0.116. The second-order valence-electron chi connectivity index (χ2n) is 6.82. The van der Waals surface area contributed by atoms with Gasteiger partial charge in [-0.3, -0.25) is 15.5 Å². The van der Waals surface area contributed by atoms with Gasteiger partial charge in [0.15, 0.2) is 5.96 Å². The molecule has 4 heteroatoms. The predicted molar refractivity (Wildman–Crippen MR) is 104 cm³/mol. The molecule has 0 saturated carbocycles. The van der Waals surface area contributed by atoms with Crippen LogP contribution in [0.3, 0.4) is 0 Å². The number of hydrogen-bond donors (Lipinski definition) is 3. The van der Waals surface area contributed by atoms with Crippen LogP contribution in [0.1, 0.15) is 103 Å². The molecule has 0 saturated heterocycles. The van der Waals surface area contributed by atoms with Crippen LogP contribution in [-0.2, 0) is 4.79 Å². The zero-order valence-electron chi connectivity index (χ0n) is 15.8. The summed E-state index contributed by atoms with van der Waals surface area (Å²) < 4.78 is 0. The Labute approximate surface area is 149 Å². The molecule has 0 fully saturated rings. The molecule has 4 nitrogen and oxygen atoms in total. The van der Waals surface area contributed by atoms with E-state index in [-0.39, 0.29) is 11.9 Å². The molecule has 0 aromatic carbocycles. The molecule has 4 N–H and O–H groups in total. The average molecular weight is 338 g/mol. The Morgan fingerprint density at radius 3 is 1.58 bits per heavy atom. The maximum absolute atomic E-state index is 11.5. The smallest absolute Gasteiger partial charge is 0.253 e. The van der Waals surface area contributed by atoms with Crippen molar-refractivity contribution in [2.45, 2.75) is 103 Å². The fraction of sp³-hybridized carbons (Fsp3) is 0.800. The van der Waals surface area contributed by atoms with Crippen molar-refractivity contribution in [3.8, 4) is 0 Å². The molecule has 0 aromatic rings. The van der Waals surface area contributed by atoms with Gasteiger partial charge in [-0.1, -0.05) is 97.0 Å². The Morgan fingerprint density at radius 1 is 0.833 bits per heavy atom. The van der Waals surface area contributed by atoms with E-state index in [0.717, 1.165) is 12.8 Å². The number of nitrogens with one attached hydrogen (secondary N) is 2. The molecule has 0 aromatic heterocycles. The summed E-state index contributed by atoms with van der Waals surface area (Å²) in [6.07, 6.45) is 19.2. The Balaban J connectivity index is 3.24. The van der Waals surface area contributed by atoms with Crippen molar-refractivity contribution in [2.75, 3.05) is 0 Å². The highest BCUT2D eigenvalue weighted by Crippen LogP contribution is 2.14. The third kappa shape index (κ3) is 15.6. The zero-order valence-corrected chi connectivity index (χ0v) is 15.8. The van der Waals surface area contributed by atoms with Crippen LogP contribution in [0.2, 0.25) is 0 Å². The Hall–Kier alpha value is -1.32. The van der Waals surface area contributed by atoms with Gasteiger partial charge in [0.25, 0.3) is 5.91 Å². The predicted octanol–water partition coefficient (Wildman–Crippen LogP) is 5.42. The van der Waals surface area contributed by atoms with Crippen molar-refractivity contribution in [2.24, 2.45) is 5.73 Å². The summed E-state index contributed by atoms with van der Waals surface area (Å²) in [5, 5.41) is 9.27. The van der Waals surface area contributed by atoms with Crippen molar-refractivity contribution in [1.29, 1.82) is 5.41 Å². The monoisotopic (exact) mass is 337 g/mol. The summed E-state index contributed by atoms with van der Waals surface area (Å²) in [4.78, 5) is 11.5. The fourth-order valence-electron chi connectivity index (χ4n) is 2.86. The van der Waals surface area contributed by atoms with Crippen LogP contribution in [0, 0.1) is 5.41 Å². The zero-order chi connectivity index (χ0) is 18.0. The van der Waals surface area contributed by atoms with Gasteiger partial charge < -0.3 is 5.73 Å². The molecule has 0 radical (unpaired) electrons. The van der Waals surface area contributed by atoms with E-state index in [9.17, 15) is 4.79 Å². The second-order valence-corrected chi connectivity index (χ2v) is 6.82. The lowest BCUT2D eigenvalue weighted by atomic mass is 10.0. The number of carbonyl (C=O) groups excluding carboxylic acids is 1. The first-order valence-corrected chi connectivity index (χ1v) is 9.91. The van der Waals surface area contributed by atoms with Crippen LogP contribution in [0.4, 0.5) is 0 Å². The van der Waals surface area contributed by atoms with Crippen molar-refractivity contribution in [3.05, 3.63) is 12.2 Å². The summed E-state index contributed by atoms with van der Waals surface area (Å²) >= 11 is 0. The molecule has 0 bridgehead atoms. The molecule has 0 atom stereocenters. The molecule has 0 aliphatic heterocycles. The van der Waals surface area contributed by atoms with Gasteiger partial charge in [-0.05, 0) is 12.8 Å². The van der Waals surface area contributed by atoms with Crippen molar-refractivity contribution in [1.82, 2.24) is 5.32 Å². The highest BCUT2D eigenvalue weighted by molar-refractivity contribution is 6.03. The van der Waals surface area contributed by atoms with Gasteiger partial charge in [-0.25, -0.2) is 0 Å². The van der Waals surface area contributed by atoms with Crippen LogP contribution in [0.15, 0.2) is 12.2 Å². The Morgan fingerprint density at radius 2 is 1.21 bits per heavy atom. The second kappa shape index (κ2) is 16.5. The van der Waals surface area contributed by atoms with Crippen LogP contribution in [0.5, 0.6) is 0 Å². The molecule has 0 aliphatic rings. The molecular formula is C20H39N3O. The molecule has 0 unspecified atom stereocenters. The number of guanidine groups is 1. The van der Waals surface area contributed by atoms with Crippen molar-refractivity contribution >= 4 is 11.9 Å². The average Bonchev–Trinajstić information content (AvgIpc) is 2.54. The van der Waals surface area contributed by atoms with Gasteiger partial charge in [-0.2, -0.15) is 0 Å². The maximum Gasteiger partial charge on any atom is 0.253 e. The van der Waals surface area contributed by atoms with Gasteiger partial charge in [0, 0.05) is 5.57 Å². The normalized spacial score (nSPS) is 10.5. The topological polar surface area (TPSA) is 79.0 Å². The number of hydrogen-bond acceptors (Lipinski definition) is 2. The van der Waals surface area contributed by atoms with Gasteiger partial charge >= 0.3 is 0 Å². The molecule has 24 heavy (non-hydrogen) atoms. The van der Waals surface area contributed by atoms with E-state index in [1.807, 2.05) is 0 Å². The van der Waals surface area contributed by atoms with E-state index in [2.05, 4.69) is 18.8 Å². The number of amides is 1. The molecule has 0 spiro atoms. The third-order valence-corrected chi connectivity index (χ3v) is 4.40. The van der Waals surface area contributed by atoms with E-state index < -0.39 is 0 Å². The molecular weight excluding hydrogens is 298 g/mol. The Bertz CT molecular complexity index is 353. The molecule has 0 rings (SSSR count). The van der Waals surface area contributed by atoms with Crippen molar-refractivity contribution < 1.29 is 4.79 Å². The summed E-state index contributed by atoms with van der Waals surface area (Å²) in [6, 6.07) is 0. The molecule has 1 amide bonds. The van der Waals surface area contributed by atoms with E-state index in [1.54, 1.807) is 0 Å². The van der Waals surface area contributed by atoms with E-state index in [4.69, 9.17) is 11.1 Å². The highest BCUT2D eigenvalue weighted by Gasteiger charge is 2.06. The van der Waals surface area contributed by atoms with Crippen LogP contribution in [0.25, 0.3) is 0 Å². The van der Waals surface area contributed by atoms with Crippen LogP contribution in [-0.4, -0.2) is 11.9 Å². The number of carbonyl (C=O) groups is 1. The first-order chi connectivity index (χ1) is 11.6. The molecule has 0 heterocycles.